The topological polar surface area (TPSA) is 61.8 Å². The standard InChI is InChI=1S/C23H23FO5/c1-4-29-23(26)22-18(17-7-5-6-8-19(17)24)11-14(12-20(22)25)16-10-9-15(27-2)13-21(16)28-3/h5-10,12-13,18,22H,4,11H2,1-3H3/t18-,22+/m0/s1. The largest absolute Gasteiger partial charge is 0.497 e. The number of hydrogen-bond acceptors (Lipinski definition) is 5. The second-order valence-electron chi connectivity index (χ2n) is 6.70. The van der Waals surface area contributed by atoms with Gasteiger partial charge in [0, 0.05) is 17.5 Å². The fraction of sp³-hybridized carbons (Fsp3) is 0.304. The van der Waals surface area contributed by atoms with E-state index in [4.69, 9.17) is 14.2 Å². The minimum Gasteiger partial charge on any atom is -0.497 e. The van der Waals surface area contributed by atoms with Crippen LogP contribution in [0.25, 0.3) is 5.57 Å². The van der Waals surface area contributed by atoms with Crippen LogP contribution in [0.2, 0.25) is 0 Å². The zero-order chi connectivity index (χ0) is 21.0. The van der Waals surface area contributed by atoms with Crippen molar-refractivity contribution in [2.45, 2.75) is 19.3 Å². The molecule has 0 saturated carbocycles. The van der Waals surface area contributed by atoms with Crippen molar-refractivity contribution in [1.82, 2.24) is 0 Å². The van der Waals surface area contributed by atoms with Crippen molar-refractivity contribution < 1.29 is 28.2 Å². The van der Waals surface area contributed by atoms with E-state index in [1.54, 1.807) is 50.4 Å². The second-order valence-corrected chi connectivity index (χ2v) is 6.70. The van der Waals surface area contributed by atoms with Crippen molar-refractivity contribution >= 4 is 17.3 Å². The van der Waals surface area contributed by atoms with Crippen LogP contribution in [0.4, 0.5) is 4.39 Å². The van der Waals surface area contributed by atoms with Gasteiger partial charge in [0.05, 0.1) is 20.8 Å². The first kappa shape index (κ1) is 20.6. The molecular weight excluding hydrogens is 375 g/mol. The van der Waals surface area contributed by atoms with E-state index in [0.717, 1.165) is 0 Å². The first-order valence-corrected chi connectivity index (χ1v) is 9.38. The molecule has 2 atom stereocenters. The van der Waals surface area contributed by atoms with E-state index in [9.17, 15) is 14.0 Å². The van der Waals surface area contributed by atoms with Gasteiger partial charge in [0.2, 0.25) is 0 Å². The maximum Gasteiger partial charge on any atom is 0.317 e. The molecule has 152 valence electrons. The van der Waals surface area contributed by atoms with Crippen molar-refractivity contribution in [2.75, 3.05) is 20.8 Å². The Bertz CT molecular complexity index is 950. The molecule has 5 nitrogen and oxygen atoms in total. The van der Waals surface area contributed by atoms with Gasteiger partial charge in [-0.2, -0.15) is 0 Å². The number of esters is 1. The molecule has 0 spiro atoms. The van der Waals surface area contributed by atoms with E-state index in [2.05, 4.69) is 0 Å². The molecule has 0 amide bonds. The highest BCUT2D eigenvalue weighted by molar-refractivity contribution is 6.11. The average molecular weight is 398 g/mol. The summed E-state index contributed by atoms with van der Waals surface area (Å²) in [6.07, 6.45) is 1.72. The summed E-state index contributed by atoms with van der Waals surface area (Å²) in [4.78, 5) is 25.5. The number of carbonyl (C=O) groups is 2. The summed E-state index contributed by atoms with van der Waals surface area (Å²) < 4.78 is 30.4. The Morgan fingerprint density at radius 3 is 2.55 bits per heavy atom. The lowest BCUT2D eigenvalue weighted by molar-refractivity contribution is -0.151. The Morgan fingerprint density at radius 2 is 1.90 bits per heavy atom. The number of carbonyl (C=O) groups excluding carboxylic acids is 2. The zero-order valence-electron chi connectivity index (χ0n) is 16.6. The molecule has 29 heavy (non-hydrogen) atoms. The summed E-state index contributed by atoms with van der Waals surface area (Å²) in [5.41, 5.74) is 1.69. The lowest BCUT2D eigenvalue weighted by Gasteiger charge is -2.30. The predicted octanol–water partition coefficient (Wildman–Crippen LogP) is 4.16. The molecule has 0 saturated heterocycles. The summed E-state index contributed by atoms with van der Waals surface area (Å²) in [5, 5.41) is 0. The average Bonchev–Trinajstić information content (AvgIpc) is 2.73. The van der Waals surface area contributed by atoms with E-state index < -0.39 is 29.4 Å². The van der Waals surface area contributed by atoms with Gasteiger partial charge in [0.15, 0.2) is 5.78 Å². The van der Waals surface area contributed by atoms with Crippen LogP contribution < -0.4 is 9.47 Å². The minimum atomic E-state index is -1.08. The third kappa shape index (κ3) is 4.16. The van der Waals surface area contributed by atoms with Crippen LogP contribution in [-0.2, 0) is 14.3 Å². The molecule has 0 aromatic heterocycles. The van der Waals surface area contributed by atoms with Gasteiger partial charge in [-0.25, -0.2) is 4.39 Å². The Morgan fingerprint density at radius 1 is 1.14 bits per heavy atom. The monoisotopic (exact) mass is 398 g/mol. The number of rotatable bonds is 6. The van der Waals surface area contributed by atoms with Gasteiger partial charge < -0.3 is 14.2 Å². The molecule has 1 aliphatic rings. The van der Waals surface area contributed by atoms with Crippen molar-refractivity contribution in [3.63, 3.8) is 0 Å². The molecule has 2 aromatic carbocycles. The smallest absolute Gasteiger partial charge is 0.317 e. The molecule has 0 radical (unpaired) electrons. The summed E-state index contributed by atoms with van der Waals surface area (Å²) in [7, 11) is 3.08. The number of hydrogen-bond donors (Lipinski definition) is 0. The molecule has 0 fully saturated rings. The lowest BCUT2D eigenvalue weighted by atomic mass is 9.73. The highest BCUT2D eigenvalue weighted by Gasteiger charge is 2.41. The molecular formula is C23H23FO5. The van der Waals surface area contributed by atoms with Crippen LogP contribution >= 0.6 is 0 Å². The highest BCUT2D eigenvalue weighted by Crippen LogP contribution is 2.43. The van der Waals surface area contributed by atoms with Crippen molar-refractivity contribution in [3.05, 3.63) is 65.5 Å². The highest BCUT2D eigenvalue weighted by atomic mass is 19.1. The third-order valence-electron chi connectivity index (χ3n) is 5.07. The van der Waals surface area contributed by atoms with E-state index in [1.807, 2.05) is 0 Å². The van der Waals surface area contributed by atoms with E-state index >= 15 is 0 Å². The molecule has 2 aromatic rings. The fourth-order valence-electron chi connectivity index (χ4n) is 3.70. The maximum absolute atomic E-state index is 14.6. The number of ether oxygens (including phenoxy) is 3. The first-order valence-electron chi connectivity index (χ1n) is 9.38. The van der Waals surface area contributed by atoms with Gasteiger partial charge in [-0.05, 0) is 48.8 Å². The number of methoxy groups -OCH3 is 2. The van der Waals surface area contributed by atoms with Gasteiger partial charge in [-0.1, -0.05) is 18.2 Å². The van der Waals surface area contributed by atoms with Gasteiger partial charge in [-0.15, -0.1) is 0 Å². The molecule has 3 rings (SSSR count). The van der Waals surface area contributed by atoms with Crippen molar-refractivity contribution in [2.24, 2.45) is 5.92 Å². The van der Waals surface area contributed by atoms with Gasteiger partial charge >= 0.3 is 5.97 Å². The molecule has 0 heterocycles. The van der Waals surface area contributed by atoms with E-state index in [0.29, 0.717) is 34.6 Å². The van der Waals surface area contributed by atoms with Crippen LogP contribution in [-0.4, -0.2) is 32.6 Å². The molecule has 6 heteroatoms. The normalized spacial score (nSPS) is 18.8. The molecule has 0 N–H and O–H groups in total. The zero-order valence-corrected chi connectivity index (χ0v) is 16.6. The number of allylic oxidation sites excluding steroid dienone is 2. The van der Waals surface area contributed by atoms with Gasteiger partial charge in [0.25, 0.3) is 0 Å². The quantitative estimate of drug-likeness (QED) is 0.540. The molecule has 1 aliphatic carbocycles. The van der Waals surface area contributed by atoms with Crippen LogP contribution in [0.15, 0.2) is 48.5 Å². The van der Waals surface area contributed by atoms with E-state index in [-0.39, 0.29) is 6.61 Å². The lowest BCUT2D eigenvalue weighted by Crippen LogP contribution is -2.34. The Balaban J connectivity index is 2.08. The second kappa shape index (κ2) is 8.90. The van der Waals surface area contributed by atoms with Crippen molar-refractivity contribution in [1.29, 1.82) is 0 Å². The summed E-state index contributed by atoms with van der Waals surface area (Å²) in [6.45, 7) is 1.82. The number of benzene rings is 2. The van der Waals surface area contributed by atoms with Gasteiger partial charge in [0.1, 0.15) is 23.2 Å². The third-order valence-corrected chi connectivity index (χ3v) is 5.07. The van der Waals surface area contributed by atoms with Crippen LogP contribution in [0, 0.1) is 11.7 Å². The SMILES string of the molecule is CCOC(=O)[C@H]1C(=O)C=C(c2ccc(OC)cc2OC)C[C@H]1c1ccccc1F. The summed E-state index contributed by atoms with van der Waals surface area (Å²) in [5.74, 6) is -2.11. The predicted molar refractivity (Wildman–Crippen MR) is 106 cm³/mol. The Kier molecular flexibility index (Phi) is 6.32. The summed E-state index contributed by atoms with van der Waals surface area (Å²) >= 11 is 0. The van der Waals surface area contributed by atoms with Gasteiger partial charge in [-0.3, -0.25) is 9.59 Å². The molecule has 0 unspecified atom stereocenters. The van der Waals surface area contributed by atoms with Crippen LogP contribution in [0.1, 0.15) is 30.4 Å². The molecule has 0 bridgehead atoms. The number of ketones is 1. The Hall–Kier alpha value is -3.15. The molecule has 0 aliphatic heterocycles. The Labute approximate surface area is 169 Å². The van der Waals surface area contributed by atoms with Crippen LogP contribution in [0.3, 0.4) is 0 Å². The number of halogens is 1. The first-order chi connectivity index (χ1) is 14.0. The van der Waals surface area contributed by atoms with E-state index in [1.165, 1.54) is 19.3 Å². The van der Waals surface area contributed by atoms with Crippen LogP contribution in [0.5, 0.6) is 11.5 Å². The summed E-state index contributed by atoms with van der Waals surface area (Å²) in [6, 6.07) is 11.5. The maximum atomic E-state index is 14.6. The van der Waals surface area contributed by atoms with Crippen molar-refractivity contribution in [3.8, 4) is 11.5 Å². The minimum absolute atomic E-state index is 0.148. The fourth-order valence-corrected chi connectivity index (χ4v) is 3.70.